The van der Waals surface area contributed by atoms with Crippen molar-refractivity contribution in [1.82, 2.24) is 15.3 Å². The van der Waals surface area contributed by atoms with Gasteiger partial charge in [-0.05, 0) is 32.8 Å². The molecule has 100 valence electrons. The van der Waals surface area contributed by atoms with E-state index in [4.69, 9.17) is 0 Å². The van der Waals surface area contributed by atoms with Gasteiger partial charge in [0, 0.05) is 11.7 Å². The van der Waals surface area contributed by atoms with Gasteiger partial charge in [-0.2, -0.15) is 0 Å². The summed E-state index contributed by atoms with van der Waals surface area (Å²) in [7, 11) is 0. The number of aryl methyl sites for hydroxylation is 2. The molecule has 0 aromatic carbocycles. The van der Waals surface area contributed by atoms with Crippen molar-refractivity contribution in [2.24, 2.45) is 5.92 Å². The fourth-order valence-corrected chi connectivity index (χ4v) is 2.17. The average molecular weight is 267 g/mol. The molecule has 0 spiro atoms. The Morgan fingerprint density at radius 1 is 1.33 bits per heavy atom. The van der Waals surface area contributed by atoms with Gasteiger partial charge in [-0.3, -0.25) is 4.79 Å². The number of amides is 1. The minimum Gasteiger partial charge on any atom is -0.353 e. The molecular weight excluding hydrogens is 246 g/mol. The largest absolute Gasteiger partial charge is 0.353 e. The maximum atomic E-state index is 11.7. The summed E-state index contributed by atoms with van der Waals surface area (Å²) >= 11 is 1.45. The third-order valence-electron chi connectivity index (χ3n) is 2.68. The molecular formula is C13H21N3OS. The lowest BCUT2D eigenvalue weighted by Crippen LogP contribution is -2.37. The molecule has 1 aromatic heterocycles. The van der Waals surface area contributed by atoms with E-state index in [-0.39, 0.29) is 11.9 Å². The van der Waals surface area contributed by atoms with E-state index in [1.807, 2.05) is 26.8 Å². The van der Waals surface area contributed by atoms with Crippen molar-refractivity contribution in [3.05, 3.63) is 17.6 Å². The lowest BCUT2D eigenvalue weighted by Gasteiger charge is -2.17. The van der Waals surface area contributed by atoms with Crippen LogP contribution in [0.1, 0.15) is 32.3 Å². The fourth-order valence-electron chi connectivity index (χ4n) is 1.36. The number of rotatable bonds is 5. The van der Waals surface area contributed by atoms with E-state index in [2.05, 4.69) is 29.1 Å². The third-order valence-corrected chi connectivity index (χ3v) is 3.59. The van der Waals surface area contributed by atoms with Gasteiger partial charge in [-0.25, -0.2) is 9.97 Å². The summed E-state index contributed by atoms with van der Waals surface area (Å²) in [5, 5.41) is 3.83. The molecule has 0 aliphatic carbocycles. The van der Waals surface area contributed by atoms with E-state index in [0.717, 1.165) is 16.5 Å². The summed E-state index contributed by atoms with van der Waals surface area (Å²) in [5.74, 6) is 1.64. The smallest absolute Gasteiger partial charge is 0.230 e. The number of nitrogens with zero attached hydrogens (tertiary/aromatic N) is 2. The molecule has 0 saturated heterocycles. The van der Waals surface area contributed by atoms with Crippen molar-refractivity contribution in [3.8, 4) is 0 Å². The molecule has 1 atom stereocenters. The molecule has 0 aliphatic heterocycles. The Morgan fingerprint density at radius 3 is 2.56 bits per heavy atom. The van der Waals surface area contributed by atoms with E-state index in [0.29, 0.717) is 11.7 Å². The molecule has 1 N–H and O–H groups in total. The quantitative estimate of drug-likeness (QED) is 0.657. The molecule has 1 rings (SSSR count). The molecule has 1 unspecified atom stereocenters. The van der Waals surface area contributed by atoms with Crippen LogP contribution in [0.5, 0.6) is 0 Å². The summed E-state index contributed by atoms with van der Waals surface area (Å²) < 4.78 is 0. The monoisotopic (exact) mass is 267 g/mol. The lowest BCUT2D eigenvalue weighted by molar-refractivity contribution is -0.119. The highest BCUT2D eigenvalue weighted by atomic mass is 32.2. The fraction of sp³-hybridized carbons (Fsp3) is 0.615. The van der Waals surface area contributed by atoms with Crippen LogP contribution in [0.3, 0.4) is 0 Å². The number of thioether (sulfide) groups is 1. The van der Waals surface area contributed by atoms with Crippen molar-refractivity contribution >= 4 is 17.7 Å². The summed E-state index contributed by atoms with van der Waals surface area (Å²) in [6.45, 7) is 9.99. The Bertz CT molecular complexity index is 400. The zero-order valence-electron chi connectivity index (χ0n) is 11.7. The van der Waals surface area contributed by atoms with E-state index in [9.17, 15) is 4.79 Å². The first-order chi connectivity index (χ1) is 8.38. The van der Waals surface area contributed by atoms with E-state index in [1.165, 1.54) is 11.8 Å². The summed E-state index contributed by atoms with van der Waals surface area (Å²) in [4.78, 5) is 20.2. The average Bonchev–Trinajstić information content (AvgIpc) is 2.25. The van der Waals surface area contributed by atoms with Crippen LogP contribution in [0, 0.1) is 19.8 Å². The normalized spacial score (nSPS) is 12.6. The predicted molar refractivity (Wildman–Crippen MR) is 74.7 cm³/mol. The molecule has 0 radical (unpaired) electrons. The maximum Gasteiger partial charge on any atom is 0.230 e. The van der Waals surface area contributed by atoms with Crippen LogP contribution >= 0.6 is 11.8 Å². The second kappa shape index (κ2) is 6.73. The molecule has 0 saturated carbocycles. The van der Waals surface area contributed by atoms with E-state index < -0.39 is 0 Å². The Labute approximate surface area is 113 Å². The van der Waals surface area contributed by atoms with E-state index >= 15 is 0 Å². The molecule has 1 aromatic rings. The second-order valence-electron chi connectivity index (χ2n) is 4.78. The number of hydrogen-bond acceptors (Lipinski definition) is 4. The van der Waals surface area contributed by atoms with Gasteiger partial charge in [-0.15, -0.1) is 0 Å². The Hall–Kier alpha value is -1.10. The summed E-state index contributed by atoms with van der Waals surface area (Å²) in [6.07, 6.45) is 0. The van der Waals surface area contributed by atoms with Crippen LogP contribution in [-0.2, 0) is 4.79 Å². The van der Waals surface area contributed by atoms with Crippen LogP contribution in [0.15, 0.2) is 11.1 Å². The Kier molecular flexibility index (Phi) is 5.59. The minimum atomic E-state index is 0.0510. The minimum absolute atomic E-state index is 0.0510. The highest BCUT2D eigenvalue weighted by Crippen LogP contribution is 2.15. The van der Waals surface area contributed by atoms with E-state index in [1.54, 1.807) is 0 Å². The van der Waals surface area contributed by atoms with Gasteiger partial charge in [0.2, 0.25) is 5.91 Å². The first-order valence-corrected chi connectivity index (χ1v) is 7.11. The molecule has 18 heavy (non-hydrogen) atoms. The maximum absolute atomic E-state index is 11.7. The van der Waals surface area contributed by atoms with Crippen LogP contribution in [0.25, 0.3) is 0 Å². The SMILES string of the molecule is Cc1cc(SCC(=O)NC(C)C(C)C)nc(C)n1. The van der Waals surface area contributed by atoms with Gasteiger partial charge in [0.15, 0.2) is 0 Å². The first kappa shape index (κ1) is 15.0. The number of carbonyl (C=O) groups excluding carboxylic acids is 1. The Balaban J connectivity index is 2.47. The van der Waals surface area contributed by atoms with Crippen LogP contribution < -0.4 is 5.32 Å². The highest BCUT2D eigenvalue weighted by molar-refractivity contribution is 7.99. The summed E-state index contributed by atoms with van der Waals surface area (Å²) in [6, 6.07) is 2.10. The lowest BCUT2D eigenvalue weighted by atomic mass is 10.1. The molecule has 0 bridgehead atoms. The van der Waals surface area contributed by atoms with Gasteiger partial charge in [0.1, 0.15) is 10.9 Å². The molecule has 4 nitrogen and oxygen atoms in total. The van der Waals surface area contributed by atoms with Crippen molar-refractivity contribution in [2.75, 3.05) is 5.75 Å². The molecule has 0 aliphatic rings. The number of hydrogen-bond donors (Lipinski definition) is 1. The van der Waals surface area contributed by atoms with Gasteiger partial charge >= 0.3 is 0 Å². The predicted octanol–water partition coefficient (Wildman–Crippen LogP) is 2.35. The molecule has 0 fully saturated rings. The number of nitrogens with one attached hydrogen (secondary N) is 1. The highest BCUT2D eigenvalue weighted by Gasteiger charge is 2.11. The van der Waals surface area contributed by atoms with Gasteiger partial charge < -0.3 is 5.32 Å². The van der Waals surface area contributed by atoms with Crippen LogP contribution in [0.2, 0.25) is 0 Å². The van der Waals surface area contributed by atoms with Crippen molar-refractivity contribution < 1.29 is 4.79 Å². The zero-order valence-corrected chi connectivity index (χ0v) is 12.5. The zero-order chi connectivity index (χ0) is 13.7. The number of carbonyl (C=O) groups is 1. The Morgan fingerprint density at radius 2 is 2.00 bits per heavy atom. The molecule has 5 heteroatoms. The van der Waals surface area contributed by atoms with Crippen LogP contribution in [0.4, 0.5) is 0 Å². The van der Waals surface area contributed by atoms with Crippen LogP contribution in [-0.4, -0.2) is 27.7 Å². The van der Waals surface area contributed by atoms with Crippen molar-refractivity contribution in [3.63, 3.8) is 0 Å². The molecule has 1 heterocycles. The first-order valence-electron chi connectivity index (χ1n) is 6.13. The number of aromatic nitrogens is 2. The standard InChI is InChI=1S/C13H21N3OS/c1-8(2)10(4)15-12(17)7-18-13-6-9(3)14-11(5)16-13/h6,8,10H,7H2,1-5H3,(H,15,17). The van der Waals surface area contributed by atoms with Gasteiger partial charge in [0.25, 0.3) is 0 Å². The molecule has 1 amide bonds. The van der Waals surface area contributed by atoms with Crippen molar-refractivity contribution in [1.29, 1.82) is 0 Å². The summed E-state index contributed by atoms with van der Waals surface area (Å²) in [5.41, 5.74) is 0.931. The van der Waals surface area contributed by atoms with Gasteiger partial charge in [-0.1, -0.05) is 25.6 Å². The van der Waals surface area contributed by atoms with Gasteiger partial charge in [0.05, 0.1) is 5.75 Å². The second-order valence-corrected chi connectivity index (χ2v) is 5.78. The van der Waals surface area contributed by atoms with Crippen molar-refractivity contribution in [2.45, 2.75) is 45.7 Å². The third kappa shape index (κ3) is 5.04. The topological polar surface area (TPSA) is 54.9 Å².